The number of benzene rings is 2. The van der Waals surface area contributed by atoms with E-state index < -0.39 is 45.8 Å². The second-order valence-electron chi connectivity index (χ2n) is 5.95. The van der Waals surface area contributed by atoms with Crippen LogP contribution in [0.3, 0.4) is 0 Å². The number of carbonyl (C=O) groups excluding carboxylic acids is 2. The molecule has 0 spiro atoms. The number of nitrogens with one attached hydrogen (secondary N) is 1. The zero-order chi connectivity index (χ0) is 19.7. The van der Waals surface area contributed by atoms with Crippen molar-refractivity contribution in [2.75, 3.05) is 16.8 Å². The van der Waals surface area contributed by atoms with Gasteiger partial charge in [-0.15, -0.1) is 0 Å². The molecule has 2 aromatic rings. The van der Waals surface area contributed by atoms with Gasteiger partial charge in [-0.2, -0.15) is 4.39 Å². The highest BCUT2D eigenvalue weighted by Crippen LogP contribution is 2.30. The van der Waals surface area contributed by atoms with Gasteiger partial charge in [-0.1, -0.05) is 0 Å². The van der Waals surface area contributed by atoms with Crippen LogP contribution in [0.25, 0.3) is 0 Å². The van der Waals surface area contributed by atoms with Crippen molar-refractivity contribution >= 4 is 28.9 Å². The van der Waals surface area contributed by atoms with Gasteiger partial charge in [0.1, 0.15) is 11.6 Å². The minimum absolute atomic E-state index is 0.0835. The number of amides is 2. The second kappa shape index (κ2) is 7.06. The van der Waals surface area contributed by atoms with E-state index in [0.717, 1.165) is 29.2 Å². The fourth-order valence-corrected chi connectivity index (χ4v) is 2.81. The van der Waals surface area contributed by atoms with Gasteiger partial charge in [0.2, 0.25) is 17.6 Å². The lowest BCUT2D eigenvalue weighted by atomic mass is 10.1. The Morgan fingerprint density at radius 1 is 1.15 bits per heavy atom. The van der Waals surface area contributed by atoms with E-state index in [1.165, 1.54) is 6.07 Å². The highest BCUT2D eigenvalue weighted by atomic mass is 19.1. The number of nitrogens with zero attached hydrogens (tertiary/aromatic N) is 2. The minimum atomic E-state index is -1.04. The third-order valence-corrected chi connectivity index (χ3v) is 4.06. The summed E-state index contributed by atoms with van der Waals surface area (Å²) in [6.45, 7) is -0.106. The smallest absolute Gasteiger partial charge is 0.306 e. The number of nitro benzene ring substituents is 1. The van der Waals surface area contributed by atoms with Crippen molar-refractivity contribution in [1.82, 2.24) is 0 Å². The molecule has 2 aromatic carbocycles. The van der Waals surface area contributed by atoms with Gasteiger partial charge in [-0.25, -0.2) is 8.78 Å². The second-order valence-corrected chi connectivity index (χ2v) is 5.95. The molecule has 1 aliphatic rings. The van der Waals surface area contributed by atoms with Crippen LogP contribution in [0.4, 0.5) is 30.2 Å². The van der Waals surface area contributed by atoms with Crippen molar-refractivity contribution in [3.05, 3.63) is 64.0 Å². The molecule has 1 atom stereocenters. The molecule has 1 N–H and O–H groups in total. The summed E-state index contributed by atoms with van der Waals surface area (Å²) in [7, 11) is 0. The van der Waals surface area contributed by atoms with E-state index in [2.05, 4.69) is 5.32 Å². The van der Waals surface area contributed by atoms with Crippen molar-refractivity contribution in [3.63, 3.8) is 0 Å². The molecular weight excluding hydrogens is 367 g/mol. The molecule has 2 amide bonds. The normalized spacial score (nSPS) is 16.5. The fourth-order valence-electron chi connectivity index (χ4n) is 2.81. The molecule has 27 heavy (non-hydrogen) atoms. The van der Waals surface area contributed by atoms with Gasteiger partial charge in [0.25, 0.3) is 0 Å². The number of hydrogen-bond donors (Lipinski definition) is 1. The van der Waals surface area contributed by atoms with E-state index in [-0.39, 0.29) is 24.3 Å². The highest BCUT2D eigenvalue weighted by Gasteiger charge is 2.36. The van der Waals surface area contributed by atoms with E-state index in [9.17, 15) is 32.9 Å². The van der Waals surface area contributed by atoms with E-state index in [1.807, 2.05) is 0 Å². The fraction of sp³-hybridized carbons (Fsp3) is 0.176. The van der Waals surface area contributed by atoms with Crippen molar-refractivity contribution in [2.45, 2.75) is 6.42 Å². The summed E-state index contributed by atoms with van der Waals surface area (Å²) in [6.07, 6.45) is -0.200. The molecule has 7 nitrogen and oxygen atoms in total. The predicted octanol–water partition coefficient (Wildman–Crippen LogP) is 3.00. The zero-order valence-corrected chi connectivity index (χ0v) is 13.6. The molecule has 1 unspecified atom stereocenters. The maximum Gasteiger partial charge on any atom is 0.306 e. The first-order valence-electron chi connectivity index (χ1n) is 7.76. The molecule has 1 heterocycles. The Morgan fingerprint density at radius 3 is 2.44 bits per heavy atom. The molecule has 0 saturated carbocycles. The quantitative estimate of drug-likeness (QED) is 0.653. The number of halogens is 3. The summed E-state index contributed by atoms with van der Waals surface area (Å²) in [4.78, 5) is 35.5. The molecule has 140 valence electrons. The zero-order valence-electron chi connectivity index (χ0n) is 13.6. The van der Waals surface area contributed by atoms with Crippen LogP contribution in [0.1, 0.15) is 6.42 Å². The summed E-state index contributed by atoms with van der Waals surface area (Å²) in [5, 5.41) is 13.2. The van der Waals surface area contributed by atoms with Crippen LogP contribution in [0.15, 0.2) is 36.4 Å². The number of carbonyl (C=O) groups is 2. The lowest BCUT2D eigenvalue weighted by Crippen LogP contribution is -2.28. The molecule has 3 rings (SSSR count). The van der Waals surface area contributed by atoms with Gasteiger partial charge in [0, 0.05) is 30.8 Å². The van der Waals surface area contributed by atoms with E-state index in [1.54, 1.807) is 0 Å². The number of nitro groups is 1. The molecule has 0 bridgehead atoms. The third kappa shape index (κ3) is 3.89. The number of hydrogen-bond acceptors (Lipinski definition) is 4. The average Bonchev–Trinajstić information content (AvgIpc) is 2.96. The van der Waals surface area contributed by atoms with E-state index >= 15 is 0 Å². The Hall–Kier alpha value is -3.43. The average molecular weight is 379 g/mol. The van der Waals surface area contributed by atoms with Gasteiger partial charge in [0.05, 0.1) is 16.5 Å². The SMILES string of the molecule is O=C(Nc1cc(F)cc(F)c1)C1CC(=O)N(c2ccc(F)c([N+](=O)[O-])c2)C1. The van der Waals surface area contributed by atoms with Gasteiger partial charge in [-0.05, 0) is 24.3 Å². The van der Waals surface area contributed by atoms with Gasteiger partial charge < -0.3 is 10.2 Å². The summed E-state index contributed by atoms with van der Waals surface area (Å²) in [6, 6.07) is 5.48. The summed E-state index contributed by atoms with van der Waals surface area (Å²) in [5.41, 5.74) is -0.801. The van der Waals surface area contributed by atoms with Gasteiger partial charge >= 0.3 is 5.69 Å². The Kier molecular flexibility index (Phi) is 4.80. The lowest BCUT2D eigenvalue weighted by molar-refractivity contribution is -0.387. The predicted molar refractivity (Wildman–Crippen MR) is 88.5 cm³/mol. The van der Waals surface area contributed by atoms with Gasteiger partial charge in [-0.3, -0.25) is 19.7 Å². The van der Waals surface area contributed by atoms with Crippen LogP contribution in [-0.4, -0.2) is 23.3 Å². The molecule has 10 heteroatoms. The molecule has 0 aromatic heterocycles. The first-order valence-corrected chi connectivity index (χ1v) is 7.76. The monoisotopic (exact) mass is 379 g/mol. The first-order chi connectivity index (χ1) is 12.7. The maximum absolute atomic E-state index is 13.4. The minimum Gasteiger partial charge on any atom is -0.326 e. The Balaban J connectivity index is 1.76. The van der Waals surface area contributed by atoms with Crippen LogP contribution in [0.2, 0.25) is 0 Å². The largest absolute Gasteiger partial charge is 0.326 e. The summed E-state index contributed by atoms with van der Waals surface area (Å²) in [5.74, 6) is -4.74. The van der Waals surface area contributed by atoms with Crippen LogP contribution < -0.4 is 10.2 Å². The number of rotatable bonds is 4. The number of anilines is 2. The van der Waals surface area contributed by atoms with Gasteiger partial charge in [0.15, 0.2) is 0 Å². The Labute approximate surface area is 150 Å². The standard InChI is InChI=1S/C17H12F3N3O4/c18-10-4-11(19)6-12(5-10)21-17(25)9-3-16(24)22(8-9)13-1-2-14(20)15(7-13)23(26)27/h1-2,4-7,9H,3,8H2,(H,21,25). The van der Waals surface area contributed by atoms with Crippen molar-refractivity contribution in [1.29, 1.82) is 0 Å². The molecular formula is C17H12F3N3O4. The summed E-state index contributed by atoms with van der Waals surface area (Å²) < 4.78 is 39.8. The molecule has 1 fully saturated rings. The Bertz CT molecular complexity index is 931. The highest BCUT2D eigenvalue weighted by molar-refractivity contribution is 6.03. The van der Waals surface area contributed by atoms with Crippen molar-refractivity contribution in [2.24, 2.45) is 5.92 Å². The molecule has 1 saturated heterocycles. The van der Waals surface area contributed by atoms with Crippen LogP contribution in [-0.2, 0) is 9.59 Å². The van der Waals surface area contributed by atoms with Crippen LogP contribution in [0, 0.1) is 33.5 Å². The Morgan fingerprint density at radius 2 is 1.81 bits per heavy atom. The topological polar surface area (TPSA) is 92.6 Å². The van der Waals surface area contributed by atoms with E-state index in [0.29, 0.717) is 6.07 Å². The maximum atomic E-state index is 13.4. The first kappa shape index (κ1) is 18.4. The summed E-state index contributed by atoms with van der Waals surface area (Å²) >= 11 is 0. The van der Waals surface area contributed by atoms with Crippen LogP contribution >= 0.6 is 0 Å². The van der Waals surface area contributed by atoms with Crippen molar-refractivity contribution < 1.29 is 27.7 Å². The lowest BCUT2D eigenvalue weighted by Gasteiger charge is -2.16. The van der Waals surface area contributed by atoms with E-state index in [4.69, 9.17) is 0 Å². The third-order valence-electron chi connectivity index (χ3n) is 4.06. The molecule has 1 aliphatic heterocycles. The molecule has 0 radical (unpaired) electrons. The molecule has 0 aliphatic carbocycles. The van der Waals surface area contributed by atoms with Crippen LogP contribution in [0.5, 0.6) is 0 Å². The van der Waals surface area contributed by atoms with Crippen molar-refractivity contribution in [3.8, 4) is 0 Å².